The Morgan fingerprint density at radius 2 is 1.95 bits per heavy atom. The molecule has 0 unspecified atom stereocenters. The van der Waals surface area contributed by atoms with Gasteiger partial charge in [0.1, 0.15) is 16.8 Å². The van der Waals surface area contributed by atoms with E-state index in [1.54, 1.807) is 12.1 Å². The summed E-state index contributed by atoms with van der Waals surface area (Å²) in [5.74, 6) is -0.379. The first kappa shape index (κ1) is 14.5. The van der Waals surface area contributed by atoms with Gasteiger partial charge in [0.25, 0.3) is 10.0 Å². The standard InChI is InChI=1S/C16H13FN2O2S/c17-14-7-8-15-12(10-14)5-3-9-19(15)22(20,21)16-6-2-1-4-13(16)11-18/h1-2,4,6-8,10H,3,5,9H2. The average molecular weight is 316 g/mol. The topological polar surface area (TPSA) is 61.2 Å². The van der Waals surface area contributed by atoms with E-state index < -0.39 is 10.0 Å². The molecular formula is C16H13FN2O2S. The minimum absolute atomic E-state index is 0.0188. The molecule has 0 atom stereocenters. The Hall–Kier alpha value is -2.39. The van der Waals surface area contributed by atoms with Crippen LogP contribution in [0.2, 0.25) is 0 Å². The van der Waals surface area contributed by atoms with Gasteiger partial charge in [-0.3, -0.25) is 4.31 Å². The predicted octanol–water partition coefficient (Wildman–Crippen LogP) is 2.84. The summed E-state index contributed by atoms with van der Waals surface area (Å²) in [7, 11) is -3.84. The maximum Gasteiger partial charge on any atom is 0.265 e. The first-order chi connectivity index (χ1) is 10.5. The summed E-state index contributed by atoms with van der Waals surface area (Å²) in [5, 5.41) is 9.13. The third-order valence-corrected chi connectivity index (χ3v) is 5.56. The number of halogens is 1. The maximum atomic E-state index is 13.3. The highest BCUT2D eigenvalue weighted by molar-refractivity contribution is 7.92. The molecule has 0 aromatic heterocycles. The smallest absolute Gasteiger partial charge is 0.265 e. The van der Waals surface area contributed by atoms with Crippen molar-refractivity contribution in [1.29, 1.82) is 5.26 Å². The molecule has 3 rings (SSSR count). The molecule has 0 N–H and O–H groups in total. The van der Waals surface area contributed by atoms with Gasteiger partial charge in [0.05, 0.1) is 11.3 Å². The SMILES string of the molecule is N#Cc1ccccc1S(=O)(=O)N1CCCc2cc(F)ccc21. The van der Waals surface area contributed by atoms with E-state index in [1.807, 2.05) is 6.07 Å². The van der Waals surface area contributed by atoms with Gasteiger partial charge in [0.15, 0.2) is 0 Å². The highest BCUT2D eigenvalue weighted by atomic mass is 32.2. The van der Waals surface area contributed by atoms with Gasteiger partial charge in [-0.2, -0.15) is 5.26 Å². The first-order valence-corrected chi connectivity index (χ1v) is 8.28. The van der Waals surface area contributed by atoms with Crippen LogP contribution in [0.15, 0.2) is 47.4 Å². The van der Waals surface area contributed by atoms with Crippen LogP contribution in [0.25, 0.3) is 0 Å². The molecule has 0 amide bonds. The quantitative estimate of drug-likeness (QED) is 0.856. The summed E-state index contributed by atoms with van der Waals surface area (Å²) in [5.41, 5.74) is 1.27. The van der Waals surface area contributed by atoms with Crippen molar-refractivity contribution in [2.75, 3.05) is 10.8 Å². The fraction of sp³-hybridized carbons (Fsp3) is 0.188. The van der Waals surface area contributed by atoms with E-state index in [9.17, 15) is 12.8 Å². The molecule has 0 saturated carbocycles. The van der Waals surface area contributed by atoms with Crippen molar-refractivity contribution < 1.29 is 12.8 Å². The van der Waals surface area contributed by atoms with Gasteiger partial charge < -0.3 is 0 Å². The van der Waals surface area contributed by atoms with E-state index in [0.717, 1.165) is 0 Å². The van der Waals surface area contributed by atoms with Crippen molar-refractivity contribution in [3.05, 3.63) is 59.4 Å². The van der Waals surface area contributed by atoms with Crippen LogP contribution < -0.4 is 4.31 Å². The number of anilines is 1. The second kappa shape index (κ2) is 5.43. The van der Waals surface area contributed by atoms with Crippen LogP contribution in [0.3, 0.4) is 0 Å². The number of aryl methyl sites for hydroxylation is 1. The molecule has 0 fully saturated rings. The van der Waals surface area contributed by atoms with Crippen molar-refractivity contribution in [1.82, 2.24) is 0 Å². The van der Waals surface area contributed by atoms with Gasteiger partial charge in [0, 0.05) is 6.54 Å². The van der Waals surface area contributed by atoms with Crippen molar-refractivity contribution in [2.45, 2.75) is 17.7 Å². The molecular weight excluding hydrogens is 303 g/mol. The summed E-state index contributed by atoms with van der Waals surface area (Å²) in [6.07, 6.45) is 1.25. The van der Waals surface area contributed by atoms with E-state index in [-0.39, 0.29) is 16.3 Å². The molecule has 0 saturated heterocycles. The van der Waals surface area contributed by atoms with Crippen molar-refractivity contribution in [3.63, 3.8) is 0 Å². The zero-order chi connectivity index (χ0) is 15.7. The maximum absolute atomic E-state index is 13.3. The molecule has 1 heterocycles. The number of benzene rings is 2. The zero-order valence-corrected chi connectivity index (χ0v) is 12.5. The van der Waals surface area contributed by atoms with Crippen LogP contribution in [0, 0.1) is 17.1 Å². The minimum atomic E-state index is -3.84. The Kier molecular flexibility index (Phi) is 3.59. The van der Waals surface area contributed by atoms with Gasteiger partial charge in [-0.25, -0.2) is 12.8 Å². The number of fused-ring (bicyclic) bond motifs is 1. The van der Waals surface area contributed by atoms with Crippen molar-refractivity contribution >= 4 is 15.7 Å². The predicted molar refractivity (Wildman–Crippen MR) is 80.4 cm³/mol. The molecule has 0 spiro atoms. The molecule has 1 aliphatic rings. The van der Waals surface area contributed by atoms with Crippen LogP contribution >= 0.6 is 0 Å². The molecule has 0 bridgehead atoms. The second-order valence-electron chi connectivity index (χ2n) is 5.06. The normalized spacial score (nSPS) is 14.3. The van der Waals surface area contributed by atoms with Crippen molar-refractivity contribution in [2.24, 2.45) is 0 Å². The van der Waals surface area contributed by atoms with Crippen LogP contribution in [0.1, 0.15) is 17.5 Å². The zero-order valence-electron chi connectivity index (χ0n) is 11.7. The largest absolute Gasteiger partial charge is 0.266 e. The summed E-state index contributed by atoms with van der Waals surface area (Å²) >= 11 is 0. The molecule has 0 aliphatic carbocycles. The minimum Gasteiger partial charge on any atom is -0.266 e. The fourth-order valence-corrected chi connectivity index (χ4v) is 4.37. The Labute approximate surface area is 128 Å². The van der Waals surface area contributed by atoms with E-state index >= 15 is 0 Å². The summed E-state index contributed by atoms with van der Waals surface area (Å²) < 4.78 is 40.4. The first-order valence-electron chi connectivity index (χ1n) is 6.84. The number of hydrogen-bond donors (Lipinski definition) is 0. The number of nitrogens with zero attached hydrogens (tertiary/aromatic N) is 2. The molecule has 4 nitrogen and oxygen atoms in total. The van der Waals surface area contributed by atoms with E-state index in [2.05, 4.69) is 0 Å². The Morgan fingerprint density at radius 3 is 2.73 bits per heavy atom. The molecule has 0 radical (unpaired) electrons. The number of nitriles is 1. The van der Waals surface area contributed by atoms with Gasteiger partial charge in [0.2, 0.25) is 0 Å². The lowest BCUT2D eigenvalue weighted by molar-refractivity contribution is 0.584. The fourth-order valence-electron chi connectivity index (χ4n) is 2.68. The summed E-state index contributed by atoms with van der Waals surface area (Å²) in [6, 6.07) is 12.1. The average Bonchev–Trinajstić information content (AvgIpc) is 2.53. The molecule has 2 aromatic rings. The second-order valence-corrected chi connectivity index (χ2v) is 6.89. The van der Waals surface area contributed by atoms with Gasteiger partial charge in [-0.05, 0) is 48.7 Å². The summed E-state index contributed by atoms with van der Waals surface area (Å²) in [4.78, 5) is -0.0188. The van der Waals surface area contributed by atoms with Gasteiger partial charge >= 0.3 is 0 Å². The van der Waals surface area contributed by atoms with E-state index in [0.29, 0.717) is 30.6 Å². The Balaban J connectivity index is 2.14. The van der Waals surface area contributed by atoms with Crippen LogP contribution in [0.4, 0.5) is 10.1 Å². The number of rotatable bonds is 2. The lowest BCUT2D eigenvalue weighted by Gasteiger charge is -2.30. The van der Waals surface area contributed by atoms with Crippen LogP contribution in [0.5, 0.6) is 0 Å². The number of hydrogen-bond acceptors (Lipinski definition) is 3. The Bertz CT molecular complexity index is 872. The van der Waals surface area contributed by atoms with Gasteiger partial charge in [-0.15, -0.1) is 0 Å². The number of sulfonamides is 1. The highest BCUT2D eigenvalue weighted by Gasteiger charge is 2.30. The molecule has 6 heteroatoms. The highest BCUT2D eigenvalue weighted by Crippen LogP contribution is 2.33. The van der Waals surface area contributed by atoms with Crippen molar-refractivity contribution in [3.8, 4) is 6.07 Å². The molecule has 112 valence electrons. The lowest BCUT2D eigenvalue weighted by Crippen LogP contribution is -2.35. The molecule has 2 aromatic carbocycles. The lowest BCUT2D eigenvalue weighted by atomic mass is 10.0. The van der Waals surface area contributed by atoms with Gasteiger partial charge in [-0.1, -0.05) is 12.1 Å². The van der Waals surface area contributed by atoms with Crippen LogP contribution in [-0.2, 0) is 16.4 Å². The van der Waals surface area contributed by atoms with E-state index in [1.165, 1.54) is 34.6 Å². The molecule has 1 aliphatic heterocycles. The van der Waals surface area contributed by atoms with Crippen LogP contribution in [-0.4, -0.2) is 15.0 Å². The molecule has 22 heavy (non-hydrogen) atoms. The Morgan fingerprint density at radius 1 is 1.18 bits per heavy atom. The summed E-state index contributed by atoms with van der Waals surface area (Å²) in [6.45, 7) is 0.320. The monoisotopic (exact) mass is 316 g/mol. The van der Waals surface area contributed by atoms with E-state index in [4.69, 9.17) is 5.26 Å². The third-order valence-electron chi connectivity index (χ3n) is 3.69. The third kappa shape index (κ3) is 2.34.